The maximum absolute atomic E-state index is 12.2. The van der Waals surface area contributed by atoms with Crippen molar-refractivity contribution in [2.24, 2.45) is 0 Å². The van der Waals surface area contributed by atoms with Crippen LogP contribution in [0.4, 0.5) is 0 Å². The van der Waals surface area contributed by atoms with Gasteiger partial charge in [-0.3, -0.25) is 0 Å². The van der Waals surface area contributed by atoms with Crippen LogP contribution in [0.3, 0.4) is 0 Å². The van der Waals surface area contributed by atoms with Crippen LogP contribution >= 0.6 is 0 Å². The Labute approximate surface area is 156 Å². The molecule has 0 spiro atoms. The van der Waals surface area contributed by atoms with Crippen molar-refractivity contribution in [3.63, 3.8) is 0 Å². The summed E-state index contributed by atoms with van der Waals surface area (Å²) < 4.78 is 16.5. The minimum atomic E-state index is -1.88. The maximum atomic E-state index is 12.2. The van der Waals surface area contributed by atoms with Crippen molar-refractivity contribution in [1.29, 1.82) is 0 Å². The molecule has 8 nitrogen and oxygen atoms in total. The molecule has 1 fully saturated rings. The minimum Gasteiger partial charge on any atom is -0.454 e. The second kappa shape index (κ2) is 6.27. The van der Waals surface area contributed by atoms with E-state index in [9.17, 15) is 24.9 Å². The second-order valence-electron chi connectivity index (χ2n) is 7.80. The molecule has 8 heteroatoms. The van der Waals surface area contributed by atoms with E-state index in [-0.39, 0.29) is 35.3 Å². The standard InChI is InChI=1S/C19H24O8/c1-10(2)15(21)25-13-8-18(4,23)19(24)6-5-17(3,27-19)7-12-14(13)11(9-20)16(22)26-12/h7,13,20,23-24H,1,5-6,8-9H2,2-4H3/b12-7+/t13-,17-,18+,19+/m0/s1. The molecular formula is C19H24O8. The summed E-state index contributed by atoms with van der Waals surface area (Å²) in [6, 6.07) is 0. The Bertz CT molecular complexity index is 777. The molecule has 0 aliphatic carbocycles. The fourth-order valence-electron chi connectivity index (χ4n) is 3.70. The van der Waals surface area contributed by atoms with Crippen LogP contribution < -0.4 is 0 Å². The summed E-state index contributed by atoms with van der Waals surface area (Å²) >= 11 is 0. The van der Waals surface area contributed by atoms with Gasteiger partial charge in [0.25, 0.3) is 0 Å². The Morgan fingerprint density at radius 3 is 2.63 bits per heavy atom. The van der Waals surface area contributed by atoms with Crippen LogP contribution in [-0.2, 0) is 23.8 Å². The van der Waals surface area contributed by atoms with Crippen LogP contribution in [0.15, 0.2) is 35.1 Å². The molecule has 0 saturated carbocycles. The van der Waals surface area contributed by atoms with Crippen molar-refractivity contribution in [1.82, 2.24) is 0 Å². The van der Waals surface area contributed by atoms with Gasteiger partial charge >= 0.3 is 11.9 Å². The summed E-state index contributed by atoms with van der Waals surface area (Å²) in [5, 5.41) is 31.6. The number of aliphatic hydroxyl groups excluding tert-OH is 1. The third kappa shape index (κ3) is 3.23. The Kier molecular flexibility index (Phi) is 4.59. The Morgan fingerprint density at radius 2 is 2.04 bits per heavy atom. The molecule has 3 N–H and O–H groups in total. The van der Waals surface area contributed by atoms with Gasteiger partial charge in [-0.1, -0.05) is 6.58 Å². The Balaban J connectivity index is 2.18. The first-order valence-electron chi connectivity index (χ1n) is 8.72. The van der Waals surface area contributed by atoms with Crippen molar-refractivity contribution >= 4 is 11.9 Å². The van der Waals surface area contributed by atoms with Gasteiger partial charge < -0.3 is 29.5 Å². The fourth-order valence-corrected chi connectivity index (χ4v) is 3.70. The molecule has 2 bridgehead atoms. The fraction of sp³-hybridized carbons (Fsp3) is 0.579. The molecule has 3 aliphatic heterocycles. The summed E-state index contributed by atoms with van der Waals surface area (Å²) in [4.78, 5) is 24.3. The van der Waals surface area contributed by atoms with Crippen LogP contribution in [0.2, 0.25) is 0 Å². The van der Waals surface area contributed by atoms with E-state index in [0.29, 0.717) is 6.42 Å². The van der Waals surface area contributed by atoms with E-state index in [2.05, 4.69) is 6.58 Å². The zero-order chi connectivity index (χ0) is 20.2. The second-order valence-corrected chi connectivity index (χ2v) is 7.80. The molecule has 148 valence electrons. The van der Waals surface area contributed by atoms with Crippen molar-refractivity contribution in [3.05, 3.63) is 35.1 Å². The van der Waals surface area contributed by atoms with E-state index in [1.165, 1.54) is 19.9 Å². The molecule has 1 saturated heterocycles. The van der Waals surface area contributed by atoms with Crippen LogP contribution in [0.25, 0.3) is 0 Å². The Hall–Kier alpha value is -2.00. The smallest absolute Gasteiger partial charge is 0.342 e. The molecule has 3 rings (SSSR count). The highest BCUT2D eigenvalue weighted by Crippen LogP contribution is 2.49. The topological polar surface area (TPSA) is 123 Å². The van der Waals surface area contributed by atoms with Crippen molar-refractivity contribution < 1.29 is 39.1 Å². The van der Waals surface area contributed by atoms with Gasteiger partial charge in [0.05, 0.1) is 17.8 Å². The van der Waals surface area contributed by atoms with E-state index >= 15 is 0 Å². The van der Waals surface area contributed by atoms with E-state index in [0.717, 1.165) is 0 Å². The van der Waals surface area contributed by atoms with Gasteiger partial charge in [0.15, 0.2) is 5.79 Å². The molecule has 0 amide bonds. The summed E-state index contributed by atoms with van der Waals surface area (Å²) in [5.74, 6) is -3.28. The number of hydrogen-bond acceptors (Lipinski definition) is 8. The number of esters is 2. The average molecular weight is 380 g/mol. The van der Waals surface area contributed by atoms with E-state index < -0.39 is 41.6 Å². The van der Waals surface area contributed by atoms with Crippen molar-refractivity contribution in [2.75, 3.05) is 6.61 Å². The zero-order valence-electron chi connectivity index (χ0n) is 15.6. The van der Waals surface area contributed by atoms with Crippen molar-refractivity contribution in [3.8, 4) is 0 Å². The number of fused-ring (bicyclic) bond motifs is 3. The SMILES string of the molecule is C=C(C)C(=O)O[C@H]1C[C@@](C)(O)[C@@]2(O)CC[C@@](C)(/C=C3/OC(=O)C(CO)=C31)O2. The highest BCUT2D eigenvalue weighted by molar-refractivity contribution is 5.95. The molecule has 0 aromatic carbocycles. The zero-order valence-corrected chi connectivity index (χ0v) is 15.6. The van der Waals surface area contributed by atoms with Gasteiger partial charge in [0, 0.05) is 24.0 Å². The highest BCUT2D eigenvalue weighted by atomic mass is 16.7. The van der Waals surface area contributed by atoms with Crippen LogP contribution in [-0.4, -0.2) is 57.0 Å². The van der Waals surface area contributed by atoms with Gasteiger partial charge in [0.1, 0.15) is 17.5 Å². The van der Waals surface area contributed by atoms with Gasteiger partial charge in [0.2, 0.25) is 0 Å². The monoisotopic (exact) mass is 380 g/mol. The summed E-state index contributed by atoms with van der Waals surface area (Å²) in [7, 11) is 0. The van der Waals surface area contributed by atoms with E-state index in [1.807, 2.05) is 0 Å². The van der Waals surface area contributed by atoms with Crippen LogP contribution in [0, 0.1) is 0 Å². The predicted molar refractivity (Wildman–Crippen MR) is 91.9 cm³/mol. The lowest BCUT2D eigenvalue weighted by molar-refractivity contribution is -0.298. The van der Waals surface area contributed by atoms with E-state index in [1.54, 1.807) is 6.92 Å². The Morgan fingerprint density at radius 1 is 1.37 bits per heavy atom. The number of carbonyl (C=O) groups excluding carboxylic acids is 2. The molecule has 0 aromatic heterocycles. The predicted octanol–water partition coefficient (Wildman–Crippen LogP) is 0.616. The lowest BCUT2D eigenvalue weighted by atomic mass is 9.82. The highest BCUT2D eigenvalue weighted by Gasteiger charge is 2.58. The first kappa shape index (κ1) is 19.8. The quantitative estimate of drug-likeness (QED) is 0.481. The third-order valence-electron chi connectivity index (χ3n) is 5.34. The molecule has 0 radical (unpaired) electrons. The first-order valence-corrected chi connectivity index (χ1v) is 8.72. The first-order chi connectivity index (χ1) is 12.4. The number of rotatable bonds is 3. The van der Waals surface area contributed by atoms with Gasteiger partial charge in [-0.25, -0.2) is 9.59 Å². The van der Waals surface area contributed by atoms with Crippen LogP contribution in [0.5, 0.6) is 0 Å². The summed E-state index contributed by atoms with van der Waals surface area (Å²) in [6.07, 6.45) is 0.606. The van der Waals surface area contributed by atoms with E-state index in [4.69, 9.17) is 14.2 Å². The number of aliphatic hydroxyl groups is 3. The molecular weight excluding hydrogens is 356 g/mol. The molecule has 0 unspecified atom stereocenters. The van der Waals surface area contributed by atoms with Crippen molar-refractivity contribution in [2.45, 2.75) is 63.1 Å². The molecule has 3 aliphatic rings. The minimum absolute atomic E-state index is 0.0649. The molecule has 3 heterocycles. The normalized spacial score (nSPS) is 40.3. The molecule has 4 atom stereocenters. The van der Waals surface area contributed by atoms with Gasteiger partial charge in [-0.2, -0.15) is 0 Å². The molecule has 0 aromatic rings. The average Bonchev–Trinajstić information content (AvgIpc) is 3.03. The van der Waals surface area contributed by atoms with Crippen LogP contribution in [0.1, 0.15) is 40.0 Å². The van der Waals surface area contributed by atoms with Gasteiger partial charge in [-0.05, 0) is 33.3 Å². The third-order valence-corrected chi connectivity index (χ3v) is 5.34. The number of carbonyl (C=O) groups is 2. The molecule has 27 heavy (non-hydrogen) atoms. The maximum Gasteiger partial charge on any atom is 0.342 e. The lowest BCUT2D eigenvalue weighted by Crippen LogP contribution is -2.54. The number of hydrogen-bond donors (Lipinski definition) is 3. The lowest BCUT2D eigenvalue weighted by Gasteiger charge is -2.40. The summed E-state index contributed by atoms with van der Waals surface area (Å²) in [5.41, 5.74) is -2.60. The largest absolute Gasteiger partial charge is 0.454 e. The summed E-state index contributed by atoms with van der Waals surface area (Å²) in [6.45, 7) is 7.43. The number of ether oxygens (including phenoxy) is 3. The van der Waals surface area contributed by atoms with Gasteiger partial charge in [-0.15, -0.1) is 0 Å².